The lowest BCUT2D eigenvalue weighted by Crippen LogP contribution is -2.37. The molecule has 1 N–H and O–H groups in total. The number of nitrogens with one attached hydrogen (secondary N) is 1. The van der Waals surface area contributed by atoms with E-state index < -0.39 is 0 Å². The monoisotopic (exact) mass is 272 g/mol. The predicted molar refractivity (Wildman–Crippen MR) is 79.6 cm³/mol. The molecule has 0 aromatic carbocycles. The van der Waals surface area contributed by atoms with E-state index in [1.807, 2.05) is 0 Å². The number of hydrogen-bond acceptors (Lipinski definition) is 4. The summed E-state index contributed by atoms with van der Waals surface area (Å²) < 4.78 is 10.5. The van der Waals surface area contributed by atoms with E-state index in [1.165, 1.54) is 52.0 Å². The van der Waals surface area contributed by atoms with Crippen LogP contribution < -0.4 is 5.32 Å². The van der Waals surface area contributed by atoms with E-state index in [0.29, 0.717) is 6.61 Å². The van der Waals surface area contributed by atoms with E-state index >= 15 is 0 Å². The zero-order valence-corrected chi connectivity index (χ0v) is 12.8. The van der Waals surface area contributed by atoms with E-state index in [9.17, 15) is 0 Å². The normalized spacial score (nSPS) is 17.2. The van der Waals surface area contributed by atoms with Gasteiger partial charge in [0, 0.05) is 26.8 Å². The molecule has 0 aromatic rings. The van der Waals surface area contributed by atoms with Crippen molar-refractivity contribution in [1.29, 1.82) is 0 Å². The molecular formula is C15H32N2O2. The summed E-state index contributed by atoms with van der Waals surface area (Å²) in [4.78, 5) is 2.62. The van der Waals surface area contributed by atoms with Gasteiger partial charge in [-0.05, 0) is 51.2 Å². The minimum atomic E-state index is 0.702. The summed E-state index contributed by atoms with van der Waals surface area (Å²) in [7, 11) is 1.71. The minimum Gasteiger partial charge on any atom is -0.382 e. The molecule has 0 atom stereocenters. The molecule has 1 rings (SSSR count). The van der Waals surface area contributed by atoms with Crippen molar-refractivity contribution in [2.75, 3.05) is 59.7 Å². The SMILES string of the molecule is CCCN(CCCOCCOC)CC1CCNCC1. The van der Waals surface area contributed by atoms with Gasteiger partial charge in [0.05, 0.1) is 13.2 Å². The van der Waals surface area contributed by atoms with Gasteiger partial charge in [0.15, 0.2) is 0 Å². The Morgan fingerprint density at radius 3 is 2.58 bits per heavy atom. The summed E-state index contributed by atoms with van der Waals surface area (Å²) in [5, 5.41) is 3.44. The van der Waals surface area contributed by atoms with Crippen LogP contribution in [0, 0.1) is 5.92 Å². The standard InChI is InChI=1S/C15H32N2O2/c1-3-9-17(10-4-11-19-13-12-18-2)14-15-5-7-16-8-6-15/h15-16H,3-14H2,1-2H3. The molecule has 114 valence electrons. The molecule has 1 heterocycles. The van der Waals surface area contributed by atoms with E-state index in [2.05, 4.69) is 17.1 Å². The largest absolute Gasteiger partial charge is 0.382 e. The number of methoxy groups -OCH3 is 1. The van der Waals surface area contributed by atoms with Crippen molar-refractivity contribution >= 4 is 0 Å². The van der Waals surface area contributed by atoms with Crippen molar-refractivity contribution in [2.45, 2.75) is 32.6 Å². The average Bonchev–Trinajstić information content (AvgIpc) is 2.44. The van der Waals surface area contributed by atoms with Crippen LogP contribution in [0.15, 0.2) is 0 Å². The van der Waals surface area contributed by atoms with E-state index in [4.69, 9.17) is 9.47 Å². The van der Waals surface area contributed by atoms with Crippen LogP contribution in [0.2, 0.25) is 0 Å². The highest BCUT2D eigenvalue weighted by atomic mass is 16.5. The second-order valence-electron chi connectivity index (χ2n) is 5.45. The van der Waals surface area contributed by atoms with Crippen molar-refractivity contribution < 1.29 is 9.47 Å². The molecule has 19 heavy (non-hydrogen) atoms. The number of hydrogen-bond donors (Lipinski definition) is 1. The Balaban J connectivity index is 2.09. The van der Waals surface area contributed by atoms with Gasteiger partial charge in [0.25, 0.3) is 0 Å². The van der Waals surface area contributed by atoms with Crippen molar-refractivity contribution in [3.8, 4) is 0 Å². The summed E-state index contributed by atoms with van der Waals surface area (Å²) in [5.41, 5.74) is 0. The molecule has 1 fully saturated rings. The fourth-order valence-corrected chi connectivity index (χ4v) is 2.67. The lowest BCUT2D eigenvalue weighted by atomic mass is 9.97. The summed E-state index contributed by atoms with van der Waals surface area (Å²) in [6.45, 7) is 10.6. The van der Waals surface area contributed by atoms with E-state index in [0.717, 1.165) is 25.6 Å². The third-order valence-electron chi connectivity index (χ3n) is 3.71. The van der Waals surface area contributed by atoms with E-state index in [1.54, 1.807) is 7.11 Å². The number of ether oxygens (including phenoxy) is 2. The Morgan fingerprint density at radius 2 is 1.89 bits per heavy atom. The van der Waals surface area contributed by atoms with Crippen LogP contribution in [0.1, 0.15) is 32.6 Å². The van der Waals surface area contributed by atoms with Gasteiger partial charge in [-0.15, -0.1) is 0 Å². The Kier molecular flexibility index (Phi) is 10.4. The van der Waals surface area contributed by atoms with Gasteiger partial charge in [-0.25, -0.2) is 0 Å². The van der Waals surface area contributed by atoms with Gasteiger partial charge < -0.3 is 19.7 Å². The second-order valence-corrected chi connectivity index (χ2v) is 5.45. The summed E-state index contributed by atoms with van der Waals surface area (Å²) in [5.74, 6) is 0.891. The fourth-order valence-electron chi connectivity index (χ4n) is 2.67. The van der Waals surface area contributed by atoms with Crippen LogP contribution in [0.5, 0.6) is 0 Å². The van der Waals surface area contributed by atoms with Crippen LogP contribution in [0.4, 0.5) is 0 Å². The molecule has 0 aliphatic carbocycles. The highest BCUT2D eigenvalue weighted by molar-refractivity contribution is 4.72. The fraction of sp³-hybridized carbons (Fsp3) is 1.00. The molecule has 4 nitrogen and oxygen atoms in total. The molecule has 0 radical (unpaired) electrons. The van der Waals surface area contributed by atoms with Crippen molar-refractivity contribution in [3.05, 3.63) is 0 Å². The average molecular weight is 272 g/mol. The molecule has 4 heteroatoms. The molecule has 0 bridgehead atoms. The lowest BCUT2D eigenvalue weighted by Gasteiger charge is -2.29. The molecule has 0 amide bonds. The molecule has 1 aliphatic rings. The molecule has 0 saturated carbocycles. The summed E-state index contributed by atoms with van der Waals surface area (Å²) >= 11 is 0. The number of rotatable bonds is 11. The maximum atomic E-state index is 5.53. The molecule has 0 unspecified atom stereocenters. The number of piperidine rings is 1. The molecular weight excluding hydrogens is 240 g/mol. The zero-order chi connectivity index (χ0) is 13.8. The Morgan fingerprint density at radius 1 is 1.11 bits per heavy atom. The first-order valence-corrected chi connectivity index (χ1v) is 7.86. The third-order valence-corrected chi connectivity index (χ3v) is 3.71. The topological polar surface area (TPSA) is 33.7 Å². The van der Waals surface area contributed by atoms with E-state index in [-0.39, 0.29) is 0 Å². The van der Waals surface area contributed by atoms with Crippen LogP contribution >= 0.6 is 0 Å². The summed E-state index contributed by atoms with van der Waals surface area (Å²) in [6.07, 6.45) is 5.05. The smallest absolute Gasteiger partial charge is 0.0700 e. The highest BCUT2D eigenvalue weighted by Gasteiger charge is 2.16. The van der Waals surface area contributed by atoms with Crippen LogP contribution in [0.25, 0.3) is 0 Å². The summed E-state index contributed by atoms with van der Waals surface area (Å²) in [6, 6.07) is 0. The first-order chi connectivity index (χ1) is 9.36. The first-order valence-electron chi connectivity index (χ1n) is 7.86. The van der Waals surface area contributed by atoms with Gasteiger partial charge in [0.1, 0.15) is 0 Å². The van der Waals surface area contributed by atoms with Gasteiger partial charge in [-0.2, -0.15) is 0 Å². The van der Waals surface area contributed by atoms with Crippen molar-refractivity contribution in [1.82, 2.24) is 10.2 Å². The Labute approximate surface area is 118 Å². The molecule has 1 saturated heterocycles. The van der Waals surface area contributed by atoms with Gasteiger partial charge >= 0.3 is 0 Å². The highest BCUT2D eigenvalue weighted by Crippen LogP contribution is 2.13. The Bertz CT molecular complexity index is 197. The second kappa shape index (κ2) is 11.6. The minimum absolute atomic E-state index is 0.702. The van der Waals surface area contributed by atoms with Gasteiger partial charge in [-0.1, -0.05) is 6.92 Å². The van der Waals surface area contributed by atoms with Crippen molar-refractivity contribution in [3.63, 3.8) is 0 Å². The van der Waals surface area contributed by atoms with Crippen LogP contribution in [0.3, 0.4) is 0 Å². The van der Waals surface area contributed by atoms with Crippen molar-refractivity contribution in [2.24, 2.45) is 5.92 Å². The maximum absolute atomic E-state index is 5.53. The van der Waals surface area contributed by atoms with Crippen LogP contribution in [-0.4, -0.2) is 64.6 Å². The third kappa shape index (κ3) is 8.58. The van der Waals surface area contributed by atoms with Gasteiger partial charge in [-0.3, -0.25) is 0 Å². The maximum Gasteiger partial charge on any atom is 0.0700 e. The molecule has 0 aromatic heterocycles. The number of nitrogens with zero attached hydrogens (tertiary/aromatic N) is 1. The lowest BCUT2D eigenvalue weighted by molar-refractivity contribution is 0.0640. The quantitative estimate of drug-likeness (QED) is 0.581. The Hall–Kier alpha value is -0.160. The molecule has 1 aliphatic heterocycles. The van der Waals surface area contributed by atoms with Gasteiger partial charge in [0.2, 0.25) is 0 Å². The zero-order valence-electron chi connectivity index (χ0n) is 12.8. The first kappa shape index (κ1) is 16.9. The van der Waals surface area contributed by atoms with Crippen LogP contribution in [-0.2, 0) is 9.47 Å². The molecule has 0 spiro atoms. The predicted octanol–water partition coefficient (Wildman–Crippen LogP) is 1.75.